The molecule has 2 fully saturated rings. The summed E-state index contributed by atoms with van der Waals surface area (Å²) in [4.78, 5) is 23.5. The van der Waals surface area contributed by atoms with E-state index in [4.69, 9.17) is 10.00 Å². The number of carbonyl (C=O) groups is 1. The van der Waals surface area contributed by atoms with Gasteiger partial charge in [-0.2, -0.15) is 5.26 Å². The number of piperazine rings is 1. The minimum atomic E-state index is -0.181. The summed E-state index contributed by atoms with van der Waals surface area (Å²) in [6.45, 7) is 3.65. The number of anilines is 1. The van der Waals surface area contributed by atoms with Crippen LogP contribution in [0.2, 0.25) is 0 Å². The summed E-state index contributed by atoms with van der Waals surface area (Å²) in [5.41, 5.74) is 0.933. The normalized spacial score (nSPS) is 21.2. The second kappa shape index (κ2) is 10.1. The van der Waals surface area contributed by atoms with E-state index in [9.17, 15) is 4.79 Å². The third-order valence-electron chi connectivity index (χ3n) is 5.69. The van der Waals surface area contributed by atoms with Gasteiger partial charge in [-0.15, -0.1) is 0 Å². The van der Waals surface area contributed by atoms with Crippen LogP contribution in [-0.2, 0) is 0 Å². The number of aromatic nitrogens is 2. The van der Waals surface area contributed by atoms with E-state index in [2.05, 4.69) is 47.5 Å². The highest BCUT2D eigenvalue weighted by molar-refractivity contribution is 9.10. The van der Waals surface area contributed by atoms with Crippen LogP contribution in [-0.4, -0.2) is 54.2 Å². The number of ether oxygens (including phenoxy) is 1. The number of benzene rings is 1. The molecule has 2 aliphatic rings. The summed E-state index contributed by atoms with van der Waals surface area (Å²) in [5.74, 6) is 1.38. The van der Waals surface area contributed by atoms with E-state index in [0.717, 1.165) is 67.9 Å². The number of nitrogens with one attached hydrogen (secondary N) is 2. The van der Waals surface area contributed by atoms with Crippen molar-refractivity contribution in [2.75, 3.05) is 31.1 Å². The molecular weight excluding hydrogens is 460 g/mol. The first-order chi connectivity index (χ1) is 15.1. The summed E-state index contributed by atoms with van der Waals surface area (Å²) >= 11 is 3.39. The Kier molecular flexibility index (Phi) is 6.99. The molecule has 4 rings (SSSR count). The first-order valence-electron chi connectivity index (χ1n) is 10.6. The molecule has 0 spiro atoms. The second-order valence-corrected chi connectivity index (χ2v) is 8.67. The fourth-order valence-corrected chi connectivity index (χ4v) is 4.38. The molecule has 1 aromatic heterocycles. The van der Waals surface area contributed by atoms with Crippen molar-refractivity contribution in [3.8, 4) is 11.8 Å². The summed E-state index contributed by atoms with van der Waals surface area (Å²) < 4.78 is 6.79. The molecule has 9 heteroatoms. The first-order valence-corrected chi connectivity index (χ1v) is 11.4. The Balaban J connectivity index is 1.25. The van der Waals surface area contributed by atoms with Crippen LogP contribution in [0.25, 0.3) is 0 Å². The average molecular weight is 485 g/mol. The highest BCUT2D eigenvalue weighted by Gasteiger charge is 2.25. The number of halogens is 1. The zero-order valence-electron chi connectivity index (χ0n) is 17.2. The Morgan fingerprint density at radius 2 is 1.97 bits per heavy atom. The van der Waals surface area contributed by atoms with E-state index in [1.807, 2.05) is 12.1 Å². The van der Waals surface area contributed by atoms with Crippen molar-refractivity contribution in [3.05, 3.63) is 46.3 Å². The monoisotopic (exact) mass is 484 g/mol. The molecule has 2 aromatic rings. The van der Waals surface area contributed by atoms with Gasteiger partial charge in [-0.25, -0.2) is 9.97 Å². The maximum atomic E-state index is 12.6. The summed E-state index contributed by atoms with van der Waals surface area (Å²) in [6, 6.07) is 7.63. The number of nitrogens with zero attached hydrogens (tertiary/aromatic N) is 4. The Hall–Kier alpha value is -2.70. The van der Waals surface area contributed by atoms with Crippen LogP contribution in [0, 0.1) is 11.3 Å². The zero-order valence-corrected chi connectivity index (χ0v) is 18.8. The van der Waals surface area contributed by atoms with Gasteiger partial charge in [-0.3, -0.25) is 4.79 Å². The minimum Gasteiger partial charge on any atom is -0.490 e. The van der Waals surface area contributed by atoms with Gasteiger partial charge in [0.15, 0.2) is 0 Å². The summed E-state index contributed by atoms with van der Waals surface area (Å²) in [6.07, 6.45) is 6.75. The molecule has 0 bridgehead atoms. The quantitative estimate of drug-likeness (QED) is 0.671. The summed E-state index contributed by atoms with van der Waals surface area (Å²) in [7, 11) is 0. The Morgan fingerprint density at radius 1 is 1.19 bits per heavy atom. The summed E-state index contributed by atoms with van der Waals surface area (Å²) in [5, 5.41) is 15.4. The van der Waals surface area contributed by atoms with Gasteiger partial charge < -0.3 is 20.3 Å². The molecule has 31 heavy (non-hydrogen) atoms. The van der Waals surface area contributed by atoms with Gasteiger partial charge in [-0.1, -0.05) is 0 Å². The largest absolute Gasteiger partial charge is 0.490 e. The number of hydrogen-bond acceptors (Lipinski definition) is 7. The van der Waals surface area contributed by atoms with Crippen molar-refractivity contribution in [1.29, 1.82) is 5.26 Å². The Bertz CT molecular complexity index is 947. The second-order valence-electron chi connectivity index (χ2n) is 7.82. The molecule has 1 amide bonds. The van der Waals surface area contributed by atoms with E-state index < -0.39 is 0 Å². The smallest absolute Gasteiger partial charge is 0.271 e. The van der Waals surface area contributed by atoms with E-state index >= 15 is 0 Å². The Labute approximate surface area is 190 Å². The van der Waals surface area contributed by atoms with Crippen LogP contribution < -0.4 is 20.3 Å². The van der Waals surface area contributed by atoms with Crippen LogP contribution in [0.4, 0.5) is 5.82 Å². The lowest BCUT2D eigenvalue weighted by Crippen LogP contribution is -2.44. The molecule has 0 radical (unpaired) electrons. The van der Waals surface area contributed by atoms with Gasteiger partial charge in [-0.05, 0) is 59.8 Å². The number of hydrogen-bond donors (Lipinski definition) is 2. The predicted molar refractivity (Wildman–Crippen MR) is 120 cm³/mol. The molecule has 2 heterocycles. The van der Waals surface area contributed by atoms with Gasteiger partial charge in [0, 0.05) is 36.7 Å². The molecule has 1 aliphatic carbocycles. The maximum absolute atomic E-state index is 12.6. The van der Waals surface area contributed by atoms with Crippen LogP contribution in [0.1, 0.15) is 41.7 Å². The van der Waals surface area contributed by atoms with Crippen molar-refractivity contribution in [3.63, 3.8) is 0 Å². The van der Waals surface area contributed by atoms with E-state index in [1.54, 1.807) is 18.5 Å². The van der Waals surface area contributed by atoms with E-state index in [1.165, 1.54) is 0 Å². The molecule has 2 N–H and O–H groups in total. The van der Waals surface area contributed by atoms with Crippen LogP contribution in [0.5, 0.6) is 5.75 Å². The molecule has 162 valence electrons. The lowest BCUT2D eigenvalue weighted by atomic mass is 9.93. The highest BCUT2D eigenvalue weighted by atomic mass is 79.9. The number of amides is 1. The molecule has 1 aliphatic heterocycles. The molecule has 1 aromatic carbocycles. The topological polar surface area (TPSA) is 103 Å². The standard InChI is InChI=1S/C22H25BrN6O2/c23-19-11-18(4-1-15(19)12-24)31-17-5-2-16(3-6-17)28-22(30)20-13-27-21(14-26-20)29-9-7-25-8-10-29/h1,4,11,13-14,16-17,25H,2-3,5-10H2,(H,28,30)/t16-,17-. The molecule has 1 saturated heterocycles. The molecule has 0 atom stereocenters. The van der Waals surface area contributed by atoms with Crippen LogP contribution in [0.15, 0.2) is 35.1 Å². The molecule has 8 nitrogen and oxygen atoms in total. The highest BCUT2D eigenvalue weighted by Crippen LogP contribution is 2.27. The number of nitriles is 1. The van der Waals surface area contributed by atoms with Crippen molar-refractivity contribution in [2.45, 2.75) is 37.8 Å². The average Bonchev–Trinajstić information content (AvgIpc) is 2.81. The fraction of sp³-hybridized carbons (Fsp3) is 0.455. The third-order valence-corrected chi connectivity index (χ3v) is 6.34. The van der Waals surface area contributed by atoms with Gasteiger partial charge in [0.1, 0.15) is 23.3 Å². The molecule has 1 saturated carbocycles. The minimum absolute atomic E-state index is 0.103. The van der Waals surface area contributed by atoms with Crippen LogP contribution >= 0.6 is 15.9 Å². The molecular formula is C22H25BrN6O2. The van der Waals surface area contributed by atoms with Gasteiger partial charge in [0.05, 0.1) is 24.1 Å². The Morgan fingerprint density at radius 3 is 2.61 bits per heavy atom. The molecule has 0 unspecified atom stereocenters. The number of rotatable bonds is 5. The van der Waals surface area contributed by atoms with E-state index in [0.29, 0.717) is 11.3 Å². The van der Waals surface area contributed by atoms with Crippen molar-refractivity contribution >= 4 is 27.7 Å². The first kappa shape index (κ1) is 21.5. The lowest BCUT2D eigenvalue weighted by Gasteiger charge is -2.29. The maximum Gasteiger partial charge on any atom is 0.271 e. The van der Waals surface area contributed by atoms with Gasteiger partial charge in [0.25, 0.3) is 5.91 Å². The van der Waals surface area contributed by atoms with Crippen molar-refractivity contribution < 1.29 is 9.53 Å². The number of carbonyl (C=O) groups excluding carboxylic acids is 1. The van der Waals surface area contributed by atoms with Crippen molar-refractivity contribution in [2.24, 2.45) is 0 Å². The van der Waals surface area contributed by atoms with Crippen LogP contribution in [0.3, 0.4) is 0 Å². The van der Waals surface area contributed by atoms with Gasteiger partial charge >= 0.3 is 0 Å². The fourth-order valence-electron chi connectivity index (χ4n) is 3.93. The predicted octanol–water partition coefficient (Wildman–Crippen LogP) is 2.64. The SMILES string of the molecule is N#Cc1ccc(O[C@H]2CC[C@H](NC(=O)c3cnc(N4CCNCC4)cn3)CC2)cc1Br. The van der Waals surface area contributed by atoms with Crippen molar-refractivity contribution in [1.82, 2.24) is 20.6 Å². The van der Waals surface area contributed by atoms with E-state index in [-0.39, 0.29) is 18.1 Å². The lowest BCUT2D eigenvalue weighted by molar-refractivity contribution is 0.0888. The van der Waals surface area contributed by atoms with Gasteiger partial charge in [0.2, 0.25) is 0 Å². The third kappa shape index (κ3) is 5.51. The zero-order chi connectivity index (χ0) is 21.6.